The van der Waals surface area contributed by atoms with E-state index in [0.29, 0.717) is 18.2 Å². The van der Waals surface area contributed by atoms with Gasteiger partial charge < -0.3 is 9.73 Å². The Bertz CT molecular complexity index is 825. The molecule has 23 heavy (non-hydrogen) atoms. The van der Waals surface area contributed by atoms with Crippen LogP contribution in [0.5, 0.6) is 0 Å². The standard InChI is InChI=1S/C16H16N4O2S/c1-10-4-3-5-12(6-10)7-13(21)17-8-14-19-20-16(22-14)15-11(2)18-9-23-15/h3-6,9H,7-8H2,1-2H3,(H,17,21). The summed E-state index contributed by atoms with van der Waals surface area (Å²) in [6, 6.07) is 7.88. The van der Waals surface area contributed by atoms with E-state index < -0.39 is 0 Å². The second-order valence-corrected chi connectivity index (χ2v) is 6.07. The van der Waals surface area contributed by atoms with E-state index >= 15 is 0 Å². The van der Waals surface area contributed by atoms with Crippen molar-refractivity contribution in [2.75, 3.05) is 0 Å². The van der Waals surface area contributed by atoms with Gasteiger partial charge in [0.05, 0.1) is 24.2 Å². The molecule has 7 heteroatoms. The van der Waals surface area contributed by atoms with E-state index in [1.165, 1.54) is 11.3 Å². The van der Waals surface area contributed by atoms with Crippen molar-refractivity contribution in [2.24, 2.45) is 0 Å². The minimum atomic E-state index is -0.0793. The zero-order chi connectivity index (χ0) is 16.2. The average Bonchev–Trinajstić information content (AvgIpc) is 3.13. The lowest BCUT2D eigenvalue weighted by Crippen LogP contribution is -2.24. The lowest BCUT2D eigenvalue weighted by molar-refractivity contribution is -0.120. The summed E-state index contributed by atoms with van der Waals surface area (Å²) in [5, 5.41) is 10.7. The summed E-state index contributed by atoms with van der Waals surface area (Å²) in [5.74, 6) is 0.739. The van der Waals surface area contributed by atoms with Crippen LogP contribution in [0.1, 0.15) is 22.7 Å². The van der Waals surface area contributed by atoms with Crippen molar-refractivity contribution in [3.05, 3.63) is 52.5 Å². The number of rotatable bonds is 5. The SMILES string of the molecule is Cc1cccc(CC(=O)NCc2nnc(-c3scnc3C)o2)c1. The number of carbonyl (C=O) groups is 1. The number of aromatic nitrogens is 3. The van der Waals surface area contributed by atoms with Gasteiger partial charge in [-0.05, 0) is 19.4 Å². The van der Waals surface area contributed by atoms with Gasteiger partial charge >= 0.3 is 0 Å². The van der Waals surface area contributed by atoms with Crippen LogP contribution in [0.15, 0.2) is 34.2 Å². The Morgan fingerprint density at radius 2 is 2.17 bits per heavy atom. The minimum absolute atomic E-state index is 0.0793. The third kappa shape index (κ3) is 3.81. The third-order valence-electron chi connectivity index (χ3n) is 3.29. The molecule has 0 aliphatic carbocycles. The Kier molecular flexibility index (Phi) is 4.47. The van der Waals surface area contributed by atoms with E-state index in [1.807, 2.05) is 38.1 Å². The molecule has 0 radical (unpaired) electrons. The third-order valence-corrected chi connectivity index (χ3v) is 4.21. The number of nitrogens with zero attached hydrogens (tertiary/aromatic N) is 3. The zero-order valence-corrected chi connectivity index (χ0v) is 13.7. The summed E-state index contributed by atoms with van der Waals surface area (Å²) < 4.78 is 5.56. The van der Waals surface area contributed by atoms with Crippen LogP contribution >= 0.6 is 11.3 Å². The molecule has 6 nitrogen and oxygen atoms in total. The van der Waals surface area contributed by atoms with E-state index in [0.717, 1.165) is 21.7 Å². The van der Waals surface area contributed by atoms with Crippen molar-refractivity contribution in [3.63, 3.8) is 0 Å². The van der Waals surface area contributed by atoms with Gasteiger partial charge in [-0.3, -0.25) is 4.79 Å². The van der Waals surface area contributed by atoms with E-state index in [1.54, 1.807) is 5.51 Å². The van der Waals surface area contributed by atoms with Gasteiger partial charge in [0.1, 0.15) is 4.88 Å². The number of carbonyl (C=O) groups excluding carboxylic acids is 1. The van der Waals surface area contributed by atoms with Gasteiger partial charge in [0.25, 0.3) is 5.89 Å². The topological polar surface area (TPSA) is 80.9 Å². The van der Waals surface area contributed by atoms with E-state index in [9.17, 15) is 4.79 Å². The Labute approximate surface area is 137 Å². The van der Waals surface area contributed by atoms with Gasteiger partial charge in [-0.15, -0.1) is 21.5 Å². The fraction of sp³-hybridized carbons (Fsp3) is 0.250. The lowest BCUT2D eigenvalue weighted by atomic mass is 10.1. The summed E-state index contributed by atoms with van der Waals surface area (Å²) in [7, 11) is 0. The Morgan fingerprint density at radius 3 is 2.91 bits per heavy atom. The lowest BCUT2D eigenvalue weighted by Gasteiger charge is -2.03. The largest absolute Gasteiger partial charge is 0.418 e. The van der Waals surface area contributed by atoms with E-state index in [-0.39, 0.29) is 12.5 Å². The fourth-order valence-electron chi connectivity index (χ4n) is 2.17. The highest BCUT2D eigenvalue weighted by Crippen LogP contribution is 2.25. The van der Waals surface area contributed by atoms with Gasteiger partial charge in [0.2, 0.25) is 11.8 Å². The predicted octanol–water partition coefficient (Wildman–Crippen LogP) is 2.67. The van der Waals surface area contributed by atoms with Gasteiger partial charge in [-0.25, -0.2) is 4.98 Å². The first-order chi connectivity index (χ1) is 11.1. The predicted molar refractivity (Wildman–Crippen MR) is 86.9 cm³/mol. The van der Waals surface area contributed by atoms with Crippen molar-refractivity contribution in [1.29, 1.82) is 0 Å². The van der Waals surface area contributed by atoms with Crippen molar-refractivity contribution >= 4 is 17.2 Å². The number of nitrogens with one attached hydrogen (secondary N) is 1. The molecule has 0 aliphatic heterocycles. The van der Waals surface area contributed by atoms with E-state index in [2.05, 4.69) is 20.5 Å². The van der Waals surface area contributed by atoms with Crippen LogP contribution in [0.4, 0.5) is 0 Å². The smallest absolute Gasteiger partial charge is 0.259 e. The molecular weight excluding hydrogens is 312 g/mol. The minimum Gasteiger partial charge on any atom is -0.418 e. The number of hydrogen-bond donors (Lipinski definition) is 1. The molecule has 0 unspecified atom stereocenters. The molecule has 118 valence electrons. The quantitative estimate of drug-likeness (QED) is 0.779. The molecule has 2 heterocycles. The second kappa shape index (κ2) is 6.70. The number of hydrogen-bond acceptors (Lipinski definition) is 6. The van der Waals surface area contributed by atoms with Gasteiger partial charge in [0, 0.05) is 0 Å². The molecule has 3 rings (SSSR count). The fourth-order valence-corrected chi connectivity index (χ4v) is 2.89. The number of thiazole rings is 1. The maximum atomic E-state index is 12.0. The Hall–Kier alpha value is -2.54. The van der Waals surface area contributed by atoms with Crippen LogP contribution in [-0.2, 0) is 17.8 Å². The maximum Gasteiger partial charge on any atom is 0.259 e. The number of aryl methyl sites for hydroxylation is 2. The molecule has 0 fully saturated rings. The molecule has 0 atom stereocenters. The van der Waals surface area contributed by atoms with Crippen molar-refractivity contribution in [2.45, 2.75) is 26.8 Å². The number of benzene rings is 1. The summed E-state index contributed by atoms with van der Waals surface area (Å²) in [6.07, 6.45) is 0.330. The normalized spacial score (nSPS) is 10.7. The first-order valence-electron chi connectivity index (χ1n) is 7.17. The summed E-state index contributed by atoms with van der Waals surface area (Å²) in [6.45, 7) is 4.11. The highest BCUT2D eigenvalue weighted by molar-refractivity contribution is 7.13. The summed E-state index contributed by atoms with van der Waals surface area (Å²) in [4.78, 5) is 17.0. The van der Waals surface area contributed by atoms with Gasteiger partial charge in [-0.1, -0.05) is 29.8 Å². The first-order valence-corrected chi connectivity index (χ1v) is 8.05. The molecule has 0 bridgehead atoms. The molecule has 0 saturated heterocycles. The molecule has 0 aliphatic rings. The average molecular weight is 328 g/mol. The number of amides is 1. The zero-order valence-electron chi connectivity index (χ0n) is 12.9. The van der Waals surface area contributed by atoms with Crippen LogP contribution in [-0.4, -0.2) is 21.1 Å². The molecular formula is C16H16N4O2S. The van der Waals surface area contributed by atoms with Crippen LogP contribution in [0.25, 0.3) is 10.8 Å². The summed E-state index contributed by atoms with van der Waals surface area (Å²) in [5.41, 5.74) is 4.71. The van der Waals surface area contributed by atoms with Crippen molar-refractivity contribution in [3.8, 4) is 10.8 Å². The highest BCUT2D eigenvalue weighted by atomic mass is 32.1. The van der Waals surface area contributed by atoms with Crippen LogP contribution in [0.2, 0.25) is 0 Å². The van der Waals surface area contributed by atoms with Crippen molar-refractivity contribution < 1.29 is 9.21 Å². The van der Waals surface area contributed by atoms with Crippen molar-refractivity contribution in [1.82, 2.24) is 20.5 Å². The molecule has 2 aromatic heterocycles. The first kappa shape index (κ1) is 15.4. The molecule has 3 aromatic rings. The highest BCUT2D eigenvalue weighted by Gasteiger charge is 2.13. The summed E-state index contributed by atoms with van der Waals surface area (Å²) >= 11 is 1.45. The Morgan fingerprint density at radius 1 is 1.30 bits per heavy atom. The van der Waals surface area contributed by atoms with Crippen LogP contribution < -0.4 is 5.32 Å². The molecule has 1 amide bonds. The van der Waals surface area contributed by atoms with Crippen LogP contribution in [0.3, 0.4) is 0 Å². The van der Waals surface area contributed by atoms with Gasteiger partial charge in [-0.2, -0.15) is 0 Å². The second-order valence-electron chi connectivity index (χ2n) is 5.21. The molecule has 1 N–H and O–H groups in total. The molecule has 1 aromatic carbocycles. The monoisotopic (exact) mass is 328 g/mol. The van der Waals surface area contributed by atoms with Gasteiger partial charge in [0.15, 0.2) is 0 Å². The maximum absolute atomic E-state index is 12.0. The Balaban J connectivity index is 1.57. The van der Waals surface area contributed by atoms with E-state index in [4.69, 9.17) is 4.42 Å². The van der Waals surface area contributed by atoms with Crippen LogP contribution in [0, 0.1) is 13.8 Å². The molecule has 0 saturated carbocycles. The molecule has 0 spiro atoms.